The fraction of sp³-hybridized carbons (Fsp3) is 0.300. The number of esters is 1. The van der Waals surface area contributed by atoms with Gasteiger partial charge in [0.15, 0.2) is 0 Å². The van der Waals surface area contributed by atoms with E-state index in [1.807, 2.05) is 12.1 Å². The maximum Gasteiger partial charge on any atom is 0.338 e. The smallest absolute Gasteiger partial charge is 0.338 e. The van der Waals surface area contributed by atoms with Crippen LogP contribution in [0.15, 0.2) is 24.3 Å². The molecule has 1 rings (SSSR count). The topological polar surface area (TPSA) is 52.3 Å². The van der Waals surface area contributed by atoms with Crippen molar-refractivity contribution in [2.45, 2.75) is 12.7 Å². The van der Waals surface area contributed by atoms with Crippen molar-refractivity contribution in [1.82, 2.24) is 0 Å². The minimum atomic E-state index is -0.278. The molecule has 0 spiro atoms. The second kappa shape index (κ2) is 5.67. The van der Waals surface area contributed by atoms with Crippen LogP contribution >= 0.6 is 11.9 Å². The summed E-state index contributed by atoms with van der Waals surface area (Å²) in [6, 6.07) is 7.27. The zero-order valence-electron chi connectivity index (χ0n) is 8.03. The average Bonchev–Trinajstić information content (AvgIpc) is 2.20. The molecule has 0 amide bonds. The van der Waals surface area contributed by atoms with Gasteiger partial charge in [-0.2, -0.15) is 0 Å². The predicted molar refractivity (Wildman–Crippen MR) is 57.9 cm³/mol. The van der Waals surface area contributed by atoms with Crippen LogP contribution < -0.4 is 5.14 Å². The molecule has 0 aliphatic rings. The quantitative estimate of drug-likeness (QED) is 0.611. The van der Waals surface area contributed by atoms with Crippen molar-refractivity contribution in [3.05, 3.63) is 35.4 Å². The van der Waals surface area contributed by atoms with Crippen molar-refractivity contribution in [2.24, 2.45) is 5.14 Å². The highest BCUT2D eigenvalue weighted by atomic mass is 32.2. The zero-order valence-corrected chi connectivity index (χ0v) is 8.84. The molecule has 0 aromatic heterocycles. The first kappa shape index (κ1) is 11.1. The molecule has 0 heterocycles. The number of carbonyl (C=O) groups excluding carboxylic acids is 1. The molecular weight excluding hydrogens is 198 g/mol. The third-order valence-electron chi connectivity index (χ3n) is 1.72. The maximum atomic E-state index is 11.3. The lowest BCUT2D eigenvalue weighted by atomic mass is 10.1. The van der Waals surface area contributed by atoms with Crippen LogP contribution in [-0.4, -0.2) is 12.6 Å². The lowest BCUT2D eigenvalue weighted by Crippen LogP contribution is -2.04. The van der Waals surface area contributed by atoms with Crippen molar-refractivity contribution >= 4 is 17.9 Å². The summed E-state index contributed by atoms with van der Waals surface area (Å²) in [5, 5.41) is 5.33. The van der Waals surface area contributed by atoms with E-state index in [2.05, 4.69) is 0 Å². The van der Waals surface area contributed by atoms with E-state index >= 15 is 0 Å². The second-order valence-electron chi connectivity index (χ2n) is 2.73. The second-order valence-corrected chi connectivity index (χ2v) is 3.35. The summed E-state index contributed by atoms with van der Waals surface area (Å²) in [6.07, 6.45) is 0. The molecule has 0 saturated carbocycles. The summed E-state index contributed by atoms with van der Waals surface area (Å²) in [5.41, 5.74) is 1.68. The van der Waals surface area contributed by atoms with Gasteiger partial charge in [0.1, 0.15) is 0 Å². The number of hydrogen-bond donors (Lipinski definition) is 1. The molecule has 76 valence electrons. The van der Waals surface area contributed by atoms with Crippen LogP contribution in [0.5, 0.6) is 0 Å². The molecule has 0 atom stereocenters. The first-order valence-electron chi connectivity index (χ1n) is 4.35. The monoisotopic (exact) mass is 211 g/mol. The molecule has 0 unspecified atom stereocenters. The van der Waals surface area contributed by atoms with E-state index in [0.29, 0.717) is 12.2 Å². The standard InChI is InChI=1S/C10H13NO2S/c1-2-13-10(12)9-5-3-8(4-6-9)7-14-11/h3-6H,2,7,11H2,1H3. The third-order valence-corrected chi connectivity index (χ3v) is 2.22. The van der Waals surface area contributed by atoms with E-state index in [0.717, 1.165) is 11.3 Å². The molecule has 0 aliphatic heterocycles. The summed E-state index contributed by atoms with van der Waals surface area (Å²) < 4.78 is 4.86. The maximum absolute atomic E-state index is 11.3. The lowest BCUT2D eigenvalue weighted by molar-refractivity contribution is 0.0526. The van der Waals surface area contributed by atoms with E-state index in [9.17, 15) is 4.79 Å². The molecule has 14 heavy (non-hydrogen) atoms. The van der Waals surface area contributed by atoms with Gasteiger partial charge in [0.2, 0.25) is 0 Å². The number of nitrogens with two attached hydrogens (primary N) is 1. The van der Waals surface area contributed by atoms with E-state index in [1.165, 1.54) is 11.9 Å². The molecule has 0 fully saturated rings. The van der Waals surface area contributed by atoms with E-state index in [4.69, 9.17) is 9.88 Å². The lowest BCUT2D eigenvalue weighted by Gasteiger charge is -2.02. The highest BCUT2D eigenvalue weighted by Crippen LogP contribution is 2.09. The predicted octanol–water partition coefficient (Wildman–Crippen LogP) is 1.97. The van der Waals surface area contributed by atoms with Crippen LogP contribution in [0.2, 0.25) is 0 Å². The fourth-order valence-electron chi connectivity index (χ4n) is 1.05. The molecule has 1 aromatic carbocycles. The summed E-state index contributed by atoms with van der Waals surface area (Å²) in [4.78, 5) is 11.3. The molecule has 0 saturated heterocycles. The summed E-state index contributed by atoms with van der Waals surface area (Å²) >= 11 is 1.26. The highest BCUT2D eigenvalue weighted by molar-refractivity contribution is 7.96. The van der Waals surface area contributed by atoms with Gasteiger partial charge in [0.05, 0.1) is 12.2 Å². The van der Waals surface area contributed by atoms with Crippen molar-refractivity contribution in [3.8, 4) is 0 Å². The Morgan fingerprint density at radius 3 is 2.57 bits per heavy atom. The van der Waals surface area contributed by atoms with Crippen molar-refractivity contribution in [2.75, 3.05) is 6.61 Å². The molecule has 1 aromatic rings. The van der Waals surface area contributed by atoms with Crippen LogP contribution in [0, 0.1) is 0 Å². The van der Waals surface area contributed by atoms with E-state index < -0.39 is 0 Å². The van der Waals surface area contributed by atoms with Gasteiger partial charge >= 0.3 is 5.97 Å². The van der Waals surface area contributed by atoms with Crippen molar-refractivity contribution in [1.29, 1.82) is 0 Å². The summed E-state index contributed by atoms with van der Waals surface area (Å²) in [5.74, 6) is 0.475. The molecule has 3 nitrogen and oxygen atoms in total. The van der Waals surface area contributed by atoms with Gasteiger partial charge in [0.25, 0.3) is 0 Å². The minimum Gasteiger partial charge on any atom is -0.462 e. The van der Waals surface area contributed by atoms with Crippen LogP contribution in [0.4, 0.5) is 0 Å². The van der Waals surface area contributed by atoms with Gasteiger partial charge < -0.3 is 4.74 Å². The highest BCUT2D eigenvalue weighted by Gasteiger charge is 2.04. The Hall–Kier alpha value is -1.00. The largest absolute Gasteiger partial charge is 0.462 e. The van der Waals surface area contributed by atoms with Gasteiger partial charge in [0, 0.05) is 5.75 Å². The Morgan fingerprint density at radius 2 is 2.07 bits per heavy atom. The molecule has 4 heteroatoms. The van der Waals surface area contributed by atoms with Gasteiger partial charge in [-0.25, -0.2) is 4.79 Å². The van der Waals surface area contributed by atoms with Crippen LogP contribution in [-0.2, 0) is 10.5 Å². The number of ether oxygens (including phenoxy) is 1. The summed E-state index contributed by atoms with van der Waals surface area (Å²) in [6.45, 7) is 2.19. The molecule has 2 N–H and O–H groups in total. The van der Waals surface area contributed by atoms with Gasteiger partial charge in [-0.15, -0.1) is 0 Å². The van der Waals surface area contributed by atoms with Crippen molar-refractivity contribution in [3.63, 3.8) is 0 Å². The first-order valence-corrected chi connectivity index (χ1v) is 5.40. The van der Waals surface area contributed by atoms with Crippen LogP contribution in [0.3, 0.4) is 0 Å². The molecule has 0 radical (unpaired) electrons. The number of hydrogen-bond acceptors (Lipinski definition) is 4. The minimum absolute atomic E-state index is 0.278. The Kier molecular flexibility index (Phi) is 4.49. The van der Waals surface area contributed by atoms with Crippen LogP contribution in [0.1, 0.15) is 22.8 Å². The molecule has 0 bridgehead atoms. The van der Waals surface area contributed by atoms with Gasteiger partial charge in [-0.3, -0.25) is 5.14 Å². The average molecular weight is 211 g/mol. The molecular formula is C10H13NO2S. The Morgan fingerprint density at radius 1 is 1.43 bits per heavy atom. The van der Waals surface area contributed by atoms with Gasteiger partial charge in [-0.1, -0.05) is 24.1 Å². The zero-order chi connectivity index (χ0) is 10.4. The Labute approximate surface area is 87.8 Å². The Balaban J connectivity index is 2.67. The van der Waals surface area contributed by atoms with Crippen molar-refractivity contribution < 1.29 is 9.53 Å². The number of benzene rings is 1. The third kappa shape index (κ3) is 3.05. The van der Waals surface area contributed by atoms with E-state index in [1.54, 1.807) is 19.1 Å². The van der Waals surface area contributed by atoms with E-state index in [-0.39, 0.29) is 5.97 Å². The number of carbonyl (C=O) groups is 1. The number of rotatable bonds is 4. The van der Waals surface area contributed by atoms with Crippen LogP contribution in [0.25, 0.3) is 0 Å². The van der Waals surface area contributed by atoms with Gasteiger partial charge in [-0.05, 0) is 24.6 Å². The first-order chi connectivity index (χ1) is 6.77. The summed E-state index contributed by atoms with van der Waals surface area (Å²) in [7, 11) is 0. The molecule has 0 aliphatic carbocycles. The Bertz CT molecular complexity index is 297. The normalized spacial score (nSPS) is 9.86. The SMILES string of the molecule is CCOC(=O)c1ccc(CSN)cc1. The fourth-order valence-corrected chi connectivity index (χ4v) is 1.43.